The van der Waals surface area contributed by atoms with Gasteiger partial charge in [-0.2, -0.15) is 0 Å². The predicted octanol–water partition coefficient (Wildman–Crippen LogP) is 0.121. The Morgan fingerprint density at radius 2 is 1.37 bits per heavy atom. The van der Waals surface area contributed by atoms with Crippen molar-refractivity contribution in [3.8, 4) is 0 Å². The molecule has 27 heavy (non-hydrogen) atoms. The van der Waals surface area contributed by atoms with Gasteiger partial charge in [-0.15, -0.1) is 0 Å². The van der Waals surface area contributed by atoms with Crippen molar-refractivity contribution in [3.05, 3.63) is 0 Å². The minimum absolute atomic E-state index is 0.216. The van der Waals surface area contributed by atoms with Gasteiger partial charge in [-0.1, -0.05) is 0 Å². The van der Waals surface area contributed by atoms with E-state index >= 15 is 0 Å². The van der Waals surface area contributed by atoms with E-state index in [-0.39, 0.29) is 19.4 Å². The fourth-order valence-corrected chi connectivity index (χ4v) is 3.36. The fourth-order valence-electron chi connectivity index (χ4n) is 1.95. The standard InChI is InChI=1S/C12H28N3O9P3/c1-22-11(16,25-18)13-6-4-8-15(10-27(20,21)24-3)9-5-7-14-12(17,23-2)26-19/h13-14,16-17H,4-10H2,1-3H3,(H,20,21). The van der Waals surface area contributed by atoms with Gasteiger partial charge in [-0.05, 0) is 25.9 Å². The number of nitrogens with zero attached hydrogens (tertiary/aromatic N) is 1. The number of hydrogen-bond donors (Lipinski definition) is 5. The lowest BCUT2D eigenvalue weighted by Crippen LogP contribution is -2.43. The Hall–Kier alpha value is 0.0700. The average Bonchev–Trinajstić information content (AvgIpc) is 2.67. The first kappa shape index (κ1) is 27.1. The first-order valence-corrected chi connectivity index (χ1v) is 11.3. The topological polar surface area (TPSA) is 167 Å². The van der Waals surface area contributed by atoms with E-state index in [2.05, 4.69) is 24.6 Å². The van der Waals surface area contributed by atoms with E-state index < -0.39 is 35.8 Å². The van der Waals surface area contributed by atoms with Crippen LogP contribution in [-0.4, -0.2) is 85.1 Å². The summed E-state index contributed by atoms with van der Waals surface area (Å²) in [6, 6.07) is 0. The van der Waals surface area contributed by atoms with Crippen molar-refractivity contribution >= 4 is 24.5 Å². The van der Waals surface area contributed by atoms with Crippen LogP contribution < -0.4 is 10.6 Å². The third-order valence-electron chi connectivity index (χ3n) is 3.49. The normalized spacial score (nSPS) is 19.1. The average molecular weight is 451 g/mol. The maximum absolute atomic E-state index is 11.8. The smallest absolute Gasteiger partial charge is 0.341 e. The van der Waals surface area contributed by atoms with Crippen LogP contribution in [0.1, 0.15) is 12.8 Å². The van der Waals surface area contributed by atoms with Gasteiger partial charge in [-0.3, -0.25) is 29.2 Å². The Morgan fingerprint density at radius 1 is 0.963 bits per heavy atom. The highest BCUT2D eigenvalue weighted by molar-refractivity contribution is 7.52. The van der Waals surface area contributed by atoms with E-state index in [0.717, 1.165) is 7.11 Å². The molecule has 0 rings (SSSR count). The quantitative estimate of drug-likeness (QED) is 0.115. The molecule has 3 unspecified atom stereocenters. The monoisotopic (exact) mass is 451 g/mol. The number of hydrogen-bond acceptors (Lipinski definition) is 11. The number of ether oxygens (including phenoxy) is 2. The summed E-state index contributed by atoms with van der Waals surface area (Å²) in [5.41, 5.74) is -3.95. The van der Waals surface area contributed by atoms with Crippen LogP contribution >= 0.6 is 24.5 Å². The number of methoxy groups -OCH3 is 2. The molecule has 0 amide bonds. The van der Waals surface area contributed by atoms with Crippen LogP contribution in [0.5, 0.6) is 0 Å². The lowest BCUT2D eigenvalue weighted by molar-refractivity contribution is -0.135. The molecule has 160 valence electrons. The molecule has 0 fully saturated rings. The summed E-state index contributed by atoms with van der Waals surface area (Å²) < 4.78 is 47.4. The summed E-state index contributed by atoms with van der Waals surface area (Å²) in [5.74, 6) is 0. The molecule has 0 heterocycles. The lowest BCUT2D eigenvalue weighted by Gasteiger charge is -2.26. The van der Waals surface area contributed by atoms with Crippen molar-refractivity contribution in [2.24, 2.45) is 0 Å². The molecule has 0 saturated heterocycles. The largest absolute Gasteiger partial charge is 0.344 e. The second-order valence-electron chi connectivity index (χ2n) is 5.45. The molecule has 3 atom stereocenters. The fraction of sp³-hybridized carbons (Fsp3) is 1.00. The van der Waals surface area contributed by atoms with Crippen LogP contribution in [-0.2, 0) is 27.7 Å². The van der Waals surface area contributed by atoms with Crippen LogP contribution in [0.2, 0.25) is 0 Å². The van der Waals surface area contributed by atoms with Gasteiger partial charge in [0.25, 0.3) is 0 Å². The van der Waals surface area contributed by atoms with Crippen LogP contribution in [0.3, 0.4) is 0 Å². The van der Waals surface area contributed by atoms with E-state index in [1.807, 2.05) is 0 Å². The molecular weight excluding hydrogens is 423 g/mol. The third-order valence-corrected chi connectivity index (χ3v) is 6.00. The highest BCUT2D eigenvalue weighted by Gasteiger charge is 2.28. The van der Waals surface area contributed by atoms with E-state index in [1.165, 1.54) is 14.2 Å². The zero-order valence-electron chi connectivity index (χ0n) is 15.5. The molecule has 0 radical (unpaired) electrons. The molecule has 0 bridgehead atoms. The van der Waals surface area contributed by atoms with Crippen LogP contribution in [0.15, 0.2) is 0 Å². The molecule has 0 saturated carbocycles. The molecule has 0 aliphatic carbocycles. The van der Waals surface area contributed by atoms with Crippen molar-refractivity contribution in [1.29, 1.82) is 0 Å². The third kappa shape index (κ3) is 11.6. The molecule has 0 aliphatic heterocycles. The molecule has 15 heteroatoms. The molecule has 0 aromatic rings. The van der Waals surface area contributed by atoms with Crippen molar-refractivity contribution in [2.45, 2.75) is 24.1 Å². The minimum atomic E-state index is -3.78. The van der Waals surface area contributed by atoms with E-state index in [4.69, 9.17) is 0 Å². The van der Waals surface area contributed by atoms with Crippen molar-refractivity contribution in [3.63, 3.8) is 0 Å². The van der Waals surface area contributed by atoms with E-state index in [1.54, 1.807) is 4.90 Å². The van der Waals surface area contributed by atoms with Crippen LogP contribution in [0.25, 0.3) is 0 Å². The van der Waals surface area contributed by atoms with E-state index in [0.29, 0.717) is 25.9 Å². The first-order chi connectivity index (χ1) is 12.6. The van der Waals surface area contributed by atoms with Crippen molar-refractivity contribution in [1.82, 2.24) is 15.5 Å². The van der Waals surface area contributed by atoms with Gasteiger partial charge >= 0.3 is 18.9 Å². The first-order valence-electron chi connectivity index (χ1n) is 7.93. The summed E-state index contributed by atoms with van der Waals surface area (Å²) in [4.78, 5) is 11.3. The van der Waals surface area contributed by atoms with Gasteiger partial charge in [0.15, 0.2) is 0 Å². The Morgan fingerprint density at radius 3 is 1.67 bits per heavy atom. The van der Waals surface area contributed by atoms with Crippen molar-refractivity contribution < 1.29 is 42.8 Å². The molecule has 0 aromatic carbocycles. The number of rotatable bonds is 17. The molecular formula is C12H28N3O9P3. The molecule has 0 spiro atoms. The Bertz CT molecular complexity index is 474. The second-order valence-corrected chi connectivity index (χ2v) is 8.95. The lowest BCUT2D eigenvalue weighted by atomic mass is 10.3. The van der Waals surface area contributed by atoms with Crippen molar-refractivity contribution in [2.75, 3.05) is 53.8 Å². The van der Waals surface area contributed by atoms with Gasteiger partial charge in [0, 0.05) is 34.4 Å². The summed E-state index contributed by atoms with van der Waals surface area (Å²) in [7, 11) is -1.52. The molecule has 0 aromatic heterocycles. The van der Waals surface area contributed by atoms with Crippen LogP contribution in [0, 0.1) is 0 Å². The molecule has 12 nitrogen and oxygen atoms in total. The van der Waals surface area contributed by atoms with Gasteiger partial charge in [0.05, 0.1) is 0 Å². The Kier molecular flexibility index (Phi) is 13.4. The summed E-state index contributed by atoms with van der Waals surface area (Å²) in [6.07, 6.45) is 0.672. The number of aliphatic hydroxyl groups is 2. The summed E-state index contributed by atoms with van der Waals surface area (Å²) >= 11 is 0. The maximum atomic E-state index is 11.8. The Balaban J connectivity index is 4.51. The predicted molar refractivity (Wildman–Crippen MR) is 97.6 cm³/mol. The summed E-state index contributed by atoms with van der Waals surface area (Å²) in [5, 5.41) is 24.4. The zero-order chi connectivity index (χ0) is 21.0. The zero-order valence-corrected chi connectivity index (χ0v) is 18.2. The second kappa shape index (κ2) is 13.3. The van der Waals surface area contributed by atoms with Gasteiger partial charge in [0.2, 0.25) is 16.9 Å². The number of nitrogens with one attached hydrogen (secondary N) is 2. The highest BCUT2D eigenvalue weighted by atomic mass is 31.2. The van der Waals surface area contributed by atoms with Gasteiger partial charge in [0.1, 0.15) is 6.29 Å². The Labute approximate surface area is 161 Å². The molecule has 0 aliphatic rings. The van der Waals surface area contributed by atoms with Crippen LogP contribution in [0.4, 0.5) is 0 Å². The SMILES string of the molecule is COC(O)(NCCCN(CCCNC(O)(OC)P=O)CP(=O)(O)OC)P=O. The molecule has 5 N–H and O–H groups in total. The summed E-state index contributed by atoms with van der Waals surface area (Å²) in [6.45, 7) is 1.20. The van der Waals surface area contributed by atoms with E-state index in [9.17, 15) is 28.8 Å². The maximum Gasteiger partial charge on any atom is 0.341 e. The van der Waals surface area contributed by atoms with Gasteiger partial charge < -0.3 is 29.1 Å². The minimum Gasteiger partial charge on any atom is -0.344 e. The highest BCUT2D eigenvalue weighted by Crippen LogP contribution is 2.41. The van der Waals surface area contributed by atoms with Gasteiger partial charge in [-0.25, -0.2) is 0 Å².